The fourth-order valence-corrected chi connectivity index (χ4v) is 6.07. The second-order valence-corrected chi connectivity index (χ2v) is 10.1. The van der Waals surface area contributed by atoms with E-state index in [1.165, 1.54) is 76.2 Å². The van der Waals surface area contributed by atoms with Gasteiger partial charge >= 0.3 is 0 Å². The molecule has 0 N–H and O–H groups in total. The van der Waals surface area contributed by atoms with E-state index in [-0.39, 0.29) is 0 Å². The molecular weight excluding hydrogens is 336 g/mol. The summed E-state index contributed by atoms with van der Waals surface area (Å²) < 4.78 is 0. The Morgan fingerprint density at radius 2 is 1.14 bits per heavy atom. The molecule has 2 fully saturated rings. The minimum absolute atomic E-state index is 0.997. The van der Waals surface area contributed by atoms with Gasteiger partial charge < -0.3 is 0 Å². The van der Waals surface area contributed by atoms with Crippen LogP contribution < -0.4 is 0 Å². The van der Waals surface area contributed by atoms with Gasteiger partial charge in [-0.15, -0.1) is 0 Å². The first-order valence-corrected chi connectivity index (χ1v) is 12.9. The van der Waals surface area contributed by atoms with Crippen molar-refractivity contribution in [2.75, 3.05) is 0 Å². The van der Waals surface area contributed by atoms with Gasteiger partial charge in [-0.2, -0.15) is 0 Å². The van der Waals surface area contributed by atoms with Crippen molar-refractivity contribution < 1.29 is 0 Å². The summed E-state index contributed by atoms with van der Waals surface area (Å²) in [6, 6.07) is 9.38. The molecule has 0 heterocycles. The maximum absolute atomic E-state index is 2.37. The van der Waals surface area contributed by atoms with Crippen molar-refractivity contribution in [1.82, 2.24) is 0 Å². The van der Waals surface area contributed by atoms with Gasteiger partial charge in [-0.3, -0.25) is 0 Å². The number of hydrogen-bond donors (Lipinski definition) is 0. The molecule has 0 spiro atoms. The van der Waals surface area contributed by atoms with Gasteiger partial charge in [0, 0.05) is 0 Å². The van der Waals surface area contributed by atoms with Gasteiger partial charge in [0.15, 0.2) is 0 Å². The minimum Gasteiger partial charge on any atom is -0.0654 e. The lowest BCUT2D eigenvalue weighted by atomic mass is 9.68. The molecule has 0 aliphatic heterocycles. The lowest BCUT2D eigenvalue weighted by molar-refractivity contribution is 0.140. The van der Waals surface area contributed by atoms with E-state index in [9.17, 15) is 0 Å². The largest absolute Gasteiger partial charge is 0.0654 e. The highest BCUT2D eigenvalue weighted by Gasteiger charge is 2.30. The average Bonchev–Trinajstić information content (AvgIpc) is 2.76. The molecule has 2 aliphatic carbocycles. The van der Waals surface area contributed by atoms with Crippen LogP contribution in [0, 0.1) is 23.7 Å². The Labute approximate surface area is 175 Å². The van der Waals surface area contributed by atoms with Gasteiger partial charge in [0.2, 0.25) is 0 Å². The maximum atomic E-state index is 2.37. The Kier molecular flexibility index (Phi) is 9.42. The maximum Gasteiger partial charge on any atom is -0.0276 e. The summed E-state index contributed by atoms with van der Waals surface area (Å²) >= 11 is 0. The highest BCUT2D eigenvalue weighted by Crippen LogP contribution is 2.43. The monoisotopic (exact) mass is 382 g/mol. The summed E-state index contributed by atoms with van der Waals surface area (Å²) in [5, 5.41) is 0. The first-order chi connectivity index (χ1) is 13.8. The Balaban J connectivity index is 1.30. The van der Waals surface area contributed by atoms with Gasteiger partial charge in [-0.1, -0.05) is 95.9 Å². The van der Waals surface area contributed by atoms with E-state index >= 15 is 0 Å². The molecule has 2 saturated carbocycles. The normalized spacial score (nSPS) is 28.4. The lowest BCUT2D eigenvalue weighted by Gasteiger charge is -2.38. The van der Waals surface area contributed by atoms with Crippen LogP contribution in [0.5, 0.6) is 0 Å². The fraction of sp³-hybridized carbons (Fsp3) is 0.786. The molecule has 0 bridgehead atoms. The molecule has 28 heavy (non-hydrogen) atoms. The summed E-state index contributed by atoms with van der Waals surface area (Å²) in [5.74, 6) is 4.22. The first kappa shape index (κ1) is 21.9. The van der Waals surface area contributed by atoms with E-state index in [2.05, 4.69) is 38.1 Å². The van der Waals surface area contributed by atoms with E-state index in [1.807, 2.05) is 0 Å². The zero-order chi connectivity index (χ0) is 19.6. The van der Waals surface area contributed by atoms with Crippen LogP contribution >= 0.6 is 0 Å². The van der Waals surface area contributed by atoms with Crippen molar-refractivity contribution >= 4 is 0 Å². The summed E-state index contributed by atoms with van der Waals surface area (Å²) in [4.78, 5) is 0. The van der Waals surface area contributed by atoms with Crippen molar-refractivity contribution in [3.05, 3.63) is 35.4 Å². The van der Waals surface area contributed by atoms with Crippen LogP contribution in [-0.2, 0) is 12.8 Å². The topological polar surface area (TPSA) is 0 Å². The van der Waals surface area contributed by atoms with Gasteiger partial charge in [-0.25, -0.2) is 0 Å². The number of hydrogen-bond acceptors (Lipinski definition) is 0. The third-order valence-electron chi connectivity index (χ3n) is 8.19. The van der Waals surface area contributed by atoms with E-state index in [1.54, 1.807) is 31.2 Å². The van der Waals surface area contributed by atoms with Gasteiger partial charge in [0.25, 0.3) is 0 Å². The highest BCUT2D eigenvalue weighted by molar-refractivity contribution is 5.22. The lowest BCUT2D eigenvalue weighted by Crippen LogP contribution is -2.26. The standard InChI is InChI=1S/C28H46/c1-3-5-6-7-8-24-15-19-27(20-16-24)28-21-17-26(18-22-28)14-13-25-11-9-23(4-2)10-12-25/h9-12,24,26-28H,3-8,13-22H2,1-2H3. The summed E-state index contributed by atoms with van der Waals surface area (Å²) in [6.45, 7) is 4.57. The Morgan fingerprint density at radius 3 is 1.68 bits per heavy atom. The second kappa shape index (κ2) is 12.0. The SMILES string of the molecule is CCCCCCC1CCC(C2CCC(CCc3ccc(CC)cc3)CC2)CC1. The highest BCUT2D eigenvalue weighted by atomic mass is 14.4. The zero-order valence-corrected chi connectivity index (χ0v) is 18.9. The number of rotatable bonds is 10. The predicted molar refractivity (Wildman–Crippen MR) is 124 cm³/mol. The number of aryl methyl sites for hydroxylation is 2. The number of unbranched alkanes of at least 4 members (excludes halogenated alkanes) is 3. The number of benzene rings is 1. The smallest absolute Gasteiger partial charge is 0.0276 e. The zero-order valence-electron chi connectivity index (χ0n) is 18.9. The van der Waals surface area contributed by atoms with Crippen LogP contribution in [0.3, 0.4) is 0 Å². The van der Waals surface area contributed by atoms with Crippen molar-refractivity contribution in [3.63, 3.8) is 0 Å². The molecule has 1 aromatic rings. The van der Waals surface area contributed by atoms with Crippen LogP contribution in [0.15, 0.2) is 24.3 Å². The van der Waals surface area contributed by atoms with Crippen molar-refractivity contribution in [3.8, 4) is 0 Å². The molecule has 2 aliphatic rings. The third kappa shape index (κ3) is 6.93. The molecule has 0 aromatic heterocycles. The Hall–Kier alpha value is -0.780. The Bertz CT molecular complexity index is 511. The summed E-state index contributed by atoms with van der Waals surface area (Å²) in [6.07, 6.45) is 23.5. The van der Waals surface area contributed by atoms with Crippen LogP contribution in [0.1, 0.15) is 115 Å². The van der Waals surface area contributed by atoms with Crippen LogP contribution in [0.2, 0.25) is 0 Å². The third-order valence-corrected chi connectivity index (χ3v) is 8.19. The molecular formula is C28H46. The van der Waals surface area contributed by atoms with E-state index in [0.29, 0.717) is 0 Å². The molecule has 1 aromatic carbocycles. The molecule has 0 saturated heterocycles. The molecule has 0 unspecified atom stereocenters. The first-order valence-electron chi connectivity index (χ1n) is 12.9. The average molecular weight is 383 g/mol. The van der Waals surface area contributed by atoms with Crippen LogP contribution in [-0.4, -0.2) is 0 Å². The predicted octanol–water partition coefficient (Wildman–Crippen LogP) is 8.76. The molecule has 158 valence electrons. The molecule has 0 atom stereocenters. The molecule has 0 nitrogen and oxygen atoms in total. The quantitative estimate of drug-likeness (QED) is 0.355. The van der Waals surface area contributed by atoms with E-state index in [4.69, 9.17) is 0 Å². The minimum atomic E-state index is 0.997. The van der Waals surface area contributed by atoms with Crippen molar-refractivity contribution in [1.29, 1.82) is 0 Å². The molecule has 0 radical (unpaired) electrons. The van der Waals surface area contributed by atoms with Crippen LogP contribution in [0.25, 0.3) is 0 Å². The van der Waals surface area contributed by atoms with Gasteiger partial charge in [0.1, 0.15) is 0 Å². The molecule has 0 heteroatoms. The second-order valence-electron chi connectivity index (χ2n) is 10.1. The summed E-state index contributed by atoms with van der Waals surface area (Å²) in [7, 11) is 0. The Morgan fingerprint density at radius 1 is 0.607 bits per heavy atom. The molecule has 0 amide bonds. The van der Waals surface area contributed by atoms with Crippen molar-refractivity contribution in [2.24, 2.45) is 23.7 Å². The fourth-order valence-electron chi connectivity index (χ4n) is 6.07. The van der Waals surface area contributed by atoms with E-state index < -0.39 is 0 Å². The van der Waals surface area contributed by atoms with Crippen molar-refractivity contribution in [2.45, 2.75) is 117 Å². The molecule has 3 rings (SSSR count). The van der Waals surface area contributed by atoms with Gasteiger partial charge in [-0.05, 0) is 79.7 Å². The van der Waals surface area contributed by atoms with E-state index in [0.717, 1.165) is 30.1 Å². The van der Waals surface area contributed by atoms with Crippen LogP contribution in [0.4, 0.5) is 0 Å². The van der Waals surface area contributed by atoms with Gasteiger partial charge in [0.05, 0.1) is 0 Å². The summed E-state index contributed by atoms with van der Waals surface area (Å²) in [5.41, 5.74) is 3.02.